The van der Waals surface area contributed by atoms with Gasteiger partial charge in [0.15, 0.2) is 0 Å². The summed E-state index contributed by atoms with van der Waals surface area (Å²) < 4.78 is 0. The Balaban J connectivity index is 1.60. The molecule has 2 aromatic carbocycles. The van der Waals surface area contributed by atoms with E-state index in [-0.39, 0.29) is 0 Å². The van der Waals surface area contributed by atoms with Crippen LogP contribution in [0.3, 0.4) is 0 Å². The number of anilines is 1. The first-order valence-electron chi connectivity index (χ1n) is 9.79. The Bertz CT molecular complexity index is 813. The van der Waals surface area contributed by atoms with Gasteiger partial charge >= 0.3 is 0 Å². The number of aryl methyl sites for hydroxylation is 1. The van der Waals surface area contributed by atoms with Crippen LogP contribution in [0, 0.1) is 11.8 Å². The zero-order valence-electron chi connectivity index (χ0n) is 15.3. The van der Waals surface area contributed by atoms with Gasteiger partial charge in [-0.1, -0.05) is 50.2 Å². The predicted molar refractivity (Wildman–Crippen MR) is 108 cm³/mol. The summed E-state index contributed by atoms with van der Waals surface area (Å²) in [5.41, 5.74) is 6.17. The third-order valence-corrected chi connectivity index (χ3v) is 8.48. The molecule has 1 saturated carbocycles. The van der Waals surface area contributed by atoms with Crippen LogP contribution in [-0.4, -0.2) is 11.3 Å². The van der Waals surface area contributed by atoms with Crippen LogP contribution in [0.4, 0.5) is 5.69 Å². The smallest absolute Gasteiger partial charge is 0.0410 e. The third-order valence-electron chi connectivity index (χ3n) is 6.99. The van der Waals surface area contributed by atoms with Gasteiger partial charge in [0.2, 0.25) is 0 Å². The SMILES string of the molecule is CC1CCc2cccc(C3C(C)C(C)C4c5ccccc5SC43)c2N1. The summed E-state index contributed by atoms with van der Waals surface area (Å²) in [5.74, 6) is 2.81. The molecule has 0 spiro atoms. The molecule has 1 fully saturated rings. The van der Waals surface area contributed by atoms with Gasteiger partial charge in [-0.15, -0.1) is 11.8 Å². The topological polar surface area (TPSA) is 12.0 Å². The van der Waals surface area contributed by atoms with E-state index in [2.05, 4.69) is 80.3 Å². The number of para-hydroxylation sites is 1. The molecular formula is C23H27NS. The molecule has 1 aliphatic carbocycles. The highest BCUT2D eigenvalue weighted by molar-refractivity contribution is 8.00. The summed E-state index contributed by atoms with van der Waals surface area (Å²) in [6, 6.07) is 16.7. The lowest BCUT2D eigenvalue weighted by Gasteiger charge is -2.31. The van der Waals surface area contributed by atoms with Gasteiger partial charge in [-0.05, 0) is 54.4 Å². The van der Waals surface area contributed by atoms with E-state index in [4.69, 9.17) is 0 Å². The Morgan fingerprint density at radius 3 is 2.44 bits per heavy atom. The van der Waals surface area contributed by atoms with Crippen molar-refractivity contribution >= 4 is 17.4 Å². The highest BCUT2D eigenvalue weighted by atomic mass is 32.2. The molecule has 6 atom stereocenters. The number of thioether (sulfide) groups is 1. The average molecular weight is 350 g/mol. The molecule has 0 saturated heterocycles. The zero-order chi connectivity index (χ0) is 17.1. The third kappa shape index (κ3) is 2.30. The molecule has 2 aliphatic heterocycles. The van der Waals surface area contributed by atoms with Gasteiger partial charge in [-0.25, -0.2) is 0 Å². The normalized spacial score (nSPS) is 35.6. The molecule has 2 heteroatoms. The lowest BCUT2D eigenvalue weighted by molar-refractivity contribution is 0.400. The second-order valence-electron chi connectivity index (χ2n) is 8.36. The van der Waals surface area contributed by atoms with Crippen molar-refractivity contribution < 1.29 is 0 Å². The van der Waals surface area contributed by atoms with E-state index in [9.17, 15) is 0 Å². The van der Waals surface area contributed by atoms with Gasteiger partial charge in [0, 0.05) is 33.7 Å². The average Bonchev–Trinajstić information content (AvgIpc) is 3.10. The van der Waals surface area contributed by atoms with Crippen LogP contribution in [0.15, 0.2) is 47.4 Å². The van der Waals surface area contributed by atoms with Crippen molar-refractivity contribution in [1.29, 1.82) is 0 Å². The van der Waals surface area contributed by atoms with Crippen LogP contribution in [0.1, 0.15) is 55.7 Å². The minimum absolute atomic E-state index is 0.590. The summed E-state index contributed by atoms with van der Waals surface area (Å²) in [5, 5.41) is 4.52. The van der Waals surface area contributed by atoms with Gasteiger partial charge in [-0.2, -0.15) is 0 Å². The van der Waals surface area contributed by atoms with E-state index in [1.54, 1.807) is 11.1 Å². The minimum atomic E-state index is 0.590. The van der Waals surface area contributed by atoms with Crippen molar-refractivity contribution in [1.82, 2.24) is 0 Å². The molecule has 0 radical (unpaired) electrons. The first-order valence-corrected chi connectivity index (χ1v) is 10.7. The fourth-order valence-corrected chi connectivity index (χ4v) is 7.40. The number of fused-ring (bicyclic) bond motifs is 4. The van der Waals surface area contributed by atoms with E-state index >= 15 is 0 Å². The summed E-state index contributed by atoms with van der Waals surface area (Å²) >= 11 is 2.14. The van der Waals surface area contributed by atoms with Crippen LogP contribution in [0.2, 0.25) is 0 Å². The minimum Gasteiger partial charge on any atom is -0.382 e. The molecule has 0 bridgehead atoms. The highest BCUT2D eigenvalue weighted by Crippen LogP contribution is 2.63. The number of nitrogens with one attached hydrogen (secondary N) is 1. The van der Waals surface area contributed by atoms with Crippen molar-refractivity contribution in [3.8, 4) is 0 Å². The Morgan fingerprint density at radius 1 is 0.880 bits per heavy atom. The summed E-state index contributed by atoms with van der Waals surface area (Å²) in [6.07, 6.45) is 2.47. The summed E-state index contributed by atoms with van der Waals surface area (Å²) in [7, 11) is 0. The molecule has 6 unspecified atom stereocenters. The maximum absolute atomic E-state index is 3.83. The first kappa shape index (κ1) is 15.8. The van der Waals surface area contributed by atoms with Gasteiger partial charge in [0.1, 0.15) is 0 Å². The van der Waals surface area contributed by atoms with Crippen molar-refractivity contribution in [2.24, 2.45) is 11.8 Å². The molecule has 1 nitrogen and oxygen atoms in total. The molecule has 5 rings (SSSR count). The van der Waals surface area contributed by atoms with Crippen molar-refractivity contribution in [2.45, 2.75) is 61.6 Å². The van der Waals surface area contributed by atoms with E-state index in [0.29, 0.717) is 23.1 Å². The van der Waals surface area contributed by atoms with Gasteiger partial charge < -0.3 is 5.32 Å². The number of hydrogen-bond donors (Lipinski definition) is 1. The van der Waals surface area contributed by atoms with Crippen molar-refractivity contribution in [2.75, 3.05) is 5.32 Å². The Labute approximate surface area is 155 Å². The van der Waals surface area contributed by atoms with E-state index < -0.39 is 0 Å². The molecule has 3 aliphatic rings. The predicted octanol–water partition coefficient (Wildman–Crippen LogP) is 6.06. The lowest BCUT2D eigenvalue weighted by atomic mass is 9.83. The molecule has 1 N–H and O–H groups in total. The molecule has 0 aromatic heterocycles. The number of benzene rings is 2. The Hall–Kier alpha value is -1.41. The molecule has 130 valence electrons. The fraction of sp³-hybridized carbons (Fsp3) is 0.478. The highest BCUT2D eigenvalue weighted by Gasteiger charge is 2.52. The monoisotopic (exact) mass is 349 g/mol. The van der Waals surface area contributed by atoms with Gasteiger partial charge in [-0.3, -0.25) is 0 Å². The maximum Gasteiger partial charge on any atom is 0.0410 e. The van der Waals surface area contributed by atoms with Crippen LogP contribution < -0.4 is 5.32 Å². The van der Waals surface area contributed by atoms with Crippen LogP contribution in [-0.2, 0) is 6.42 Å². The van der Waals surface area contributed by atoms with Gasteiger partial charge in [0.25, 0.3) is 0 Å². The zero-order valence-corrected chi connectivity index (χ0v) is 16.1. The van der Waals surface area contributed by atoms with E-state index in [1.807, 2.05) is 0 Å². The molecular weight excluding hydrogens is 322 g/mol. The Kier molecular flexibility index (Phi) is 3.67. The maximum atomic E-state index is 3.83. The number of rotatable bonds is 1. The molecule has 25 heavy (non-hydrogen) atoms. The van der Waals surface area contributed by atoms with E-state index in [0.717, 1.165) is 11.8 Å². The largest absolute Gasteiger partial charge is 0.382 e. The van der Waals surface area contributed by atoms with Crippen LogP contribution >= 0.6 is 11.8 Å². The molecule has 0 amide bonds. The molecule has 2 heterocycles. The van der Waals surface area contributed by atoms with E-state index in [1.165, 1.54) is 29.0 Å². The first-order chi connectivity index (χ1) is 12.1. The van der Waals surface area contributed by atoms with Crippen LogP contribution in [0.25, 0.3) is 0 Å². The molecule has 2 aromatic rings. The second kappa shape index (κ2) is 5.81. The fourth-order valence-electron chi connectivity index (χ4n) is 5.53. The summed E-state index contributed by atoms with van der Waals surface area (Å²) in [6.45, 7) is 7.29. The van der Waals surface area contributed by atoms with Crippen molar-refractivity contribution in [3.63, 3.8) is 0 Å². The number of hydrogen-bond acceptors (Lipinski definition) is 2. The summed E-state index contributed by atoms with van der Waals surface area (Å²) in [4.78, 5) is 1.52. The van der Waals surface area contributed by atoms with Crippen molar-refractivity contribution in [3.05, 3.63) is 59.2 Å². The Morgan fingerprint density at radius 2 is 1.60 bits per heavy atom. The van der Waals surface area contributed by atoms with Gasteiger partial charge in [0.05, 0.1) is 0 Å². The quantitative estimate of drug-likeness (QED) is 0.671. The van der Waals surface area contributed by atoms with Crippen LogP contribution in [0.5, 0.6) is 0 Å². The lowest BCUT2D eigenvalue weighted by Crippen LogP contribution is -2.25. The second-order valence-corrected chi connectivity index (χ2v) is 9.58. The standard InChI is InChI=1S/C23H27NS/c1-13-11-12-16-7-6-9-18(22(16)24-13)21-15(3)14(2)20-17-8-4-5-10-19(17)25-23(20)21/h4-10,13-15,20-21,23-24H,11-12H2,1-3H3.